The normalized spacial score (nSPS) is 10.4. The van der Waals surface area contributed by atoms with Gasteiger partial charge < -0.3 is 10.4 Å². The van der Waals surface area contributed by atoms with Crippen molar-refractivity contribution in [2.45, 2.75) is 13.1 Å². The molecule has 1 heterocycles. The van der Waals surface area contributed by atoms with Crippen LogP contribution in [0.5, 0.6) is 0 Å². The number of hydrogen-bond acceptors (Lipinski definition) is 4. The van der Waals surface area contributed by atoms with Crippen molar-refractivity contribution in [3.8, 4) is 0 Å². The van der Waals surface area contributed by atoms with Crippen LogP contribution in [0.3, 0.4) is 0 Å². The molecule has 110 valence electrons. The van der Waals surface area contributed by atoms with E-state index in [-0.39, 0.29) is 18.7 Å². The van der Waals surface area contributed by atoms with Gasteiger partial charge in [-0.05, 0) is 28.1 Å². The third-order valence-corrected chi connectivity index (χ3v) is 3.16. The summed E-state index contributed by atoms with van der Waals surface area (Å²) in [5.74, 6) is -2.30. The van der Waals surface area contributed by atoms with E-state index >= 15 is 0 Å². The molecule has 0 unspecified atom stereocenters. The molecule has 0 aliphatic rings. The molecule has 0 saturated heterocycles. The van der Waals surface area contributed by atoms with E-state index in [2.05, 4.69) is 31.6 Å². The summed E-state index contributed by atoms with van der Waals surface area (Å²) in [5, 5.41) is 18.4. The minimum atomic E-state index is -1.05. The van der Waals surface area contributed by atoms with Gasteiger partial charge >= 0.3 is 5.97 Å². The zero-order valence-electron chi connectivity index (χ0n) is 10.6. The molecule has 0 spiro atoms. The van der Waals surface area contributed by atoms with Crippen molar-refractivity contribution in [1.29, 1.82) is 0 Å². The van der Waals surface area contributed by atoms with Crippen molar-refractivity contribution >= 4 is 27.8 Å². The maximum Gasteiger partial charge on any atom is 0.325 e. The van der Waals surface area contributed by atoms with Crippen molar-refractivity contribution in [3.05, 3.63) is 45.9 Å². The SMILES string of the molecule is O=C(O)Cn1cc(CNC(=O)c2c(F)cccc2Br)nn1. The van der Waals surface area contributed by atoms with Crippen LogP contribution in [0.4, 0.5) is 4.39 Å². The average molecular weight is 357 g/mol. The van der Waals surface area contributed by atoms with Gasteiger partial charge in [-0.25, -0.2) is 9.07 Å². The first-order chi connectivity index (χ1) is 9.97. The van der Waals surface area contributed by atoms with E-state index in [1.54, 1.807) is 6.07 Å². The summed E-state index contributed by atoms with van der Waals surface area (Å²) in [6, 6.07) is 4.22. The third kappa shape index (κ3) is 3.85. The summed E-state index contributed by atoms with van der Waals surface area (Å²) in [7, 11) is 0. The molecule has 1 aromatic heterocycles. The molecular weight excluding hydrogens is 347 g/mol. The maximum absolute atomic E-state index is 13.6. The number of carboxylic acids is 1. The van der Waals surface area contributed by atoms with Crippen LogP contribution in [0.2, 0.25) is 0 Å². The number of nitrogens with zero attached hydrogens (tertiary/aromatic N) is 3. The Kier molecular flexibility index (Phi) is 4.63. The first-order valence-electron chi connectivity index (χ1n) is 5.80. The summed E-state index contributed by atoms with van der Waals surface area (Å²) in [4.78, 5) is 22.4. The van der Waals surface area contributed by atoms with E-state index in [0.717, 1.165) is 4.68 Å². The van der Waals surface area contributed by atoms with Gasteiger partial charge in [0.1, 0.15) is 18.1 Å². The number of benzene rings is 1. The van der Waals surface area contributed by atoms with Crippen molar-refractivity contribution < 1.29 is 19.1 Å². The van der Waals surface area contributed by atoms with E-state index < -0.39 is 17.7 Å². The lowest BCUT2D eigenvalue weighted by atomic mass is 10.2. The Hall–Kier alpha value is -2.29. The van der Waals surface area contributed by atoms with Gasteiger partial charge in [0.25, 0.3) is 5.91 Å². The molecule has 9 heteroatoms. The highest BCUT2D eigenvalue weighted by atomic mass is 79.9. The van der Waals surface area contributed by atoms with Gasteiger partial charge in [0, 0.05) is 4.47 Å². The number of nitrogens with one attached hydrogen (secondary N) is 1. The lowest BCUT2D eigenvalue weighted by molar-refractivity contribution is -0.137. The molecule has 0 saturated carbocycles. The monoisotopic (exact) mass is 356 g/mol. The topological polar surface area (TPSA) is 97.1 Å². The van der Waals surface area contributed by atoms with Crippen LogP contribution in [0.1, 0.15) is 16.1 Å². The molecule has 0 atom stereocenters. The first-order valence-corrected chi connectivity index (χ1v) is 6.59. The standard InChI is InChI=1S/C12H10BrFN4O3/c13-8-2-1-3-9(14)11(8)12(21)15-4-7-5-18(17-16-7)6-10(19)20/h1-3,5H,4,6H2,(H,15,21)(H,19,20). The molecule has 2 rings (SSSR count). The van der Waals surface area contributed by atoms with Crippen molar-refractivity contribution in [1.82, 2.24) is 20.3 Å². The molecule has 0 bridgehead atoms. The van der Waals surface area contributed by atoms with Crippen molar-refractivity contribution in [2.24, 2.45) is 0 Å². The van der Waals surface area contributed by atoms with Crippen LogP contribution in [-0.4, -0.2) is 32.0 Å². The van der Waals surface area contributed by atoms with Crippen LogP contribution in [-0.2, 0) is 17.9 Å². The molecule has 2 aromatic rings. The second-order valence-corrected chi connectivity index (χ2v) is 4.93. The lowest BCUT2D eigenvalue weighted by Gasteiger charge is -2.06. The second kappa shape index (κ2) is 6.44. The van der Waals surface area contributed by atoms with E-state index in [1.807, 2.05) is 0 Å². The Labute approximate surface area is 126 Å². The summed E-state index contributed by atoms with van der Waals surface area (Å²) in [6.07, 6.45) is 1.39. The van der Waals surface area contributed by atoms with Crippen LogP contribution in [0, 0.1) is 5.82 Å². The number of aliphatic carboxylic acids is 1. The fourth-order valence-electron chi connectivity index (χ4n) is 1.61. The minimum absolute atomic E-state index is 0.0131. The predicted octanol–water partition coefficient (Wildman–Crippen LogP) is 1.19. The molecule has 7 nitrogen and oxygen atoms in total. The van der Waals surface area contributed by atoms with Gasteiger partial charge in [-0.1, -0.05) is 11.3 Å². The number of hydrogen-bond donors (Lipinski definition) is 2. The highest BCUT2D eigenvalue weighted by Gasteiger charge is 2.15. The minimum Gasteiger partial charge on any atom is -0.480 e. The number of amides is 1. The van der Waals surface area contributed by atoms with E-state index in [0.29, 0.717) is 10.2 Å². The number of halogens is 2. The Balaban J connectivity index is 2.01. The zero-order chi connectivity index (χ0) is 15.4. The summed E-state index contributed by atoms with van der Waals surface area (Å²) in [6.45, 7) is -0.307. The van der Waals surface area contributed by atoms with Gasteiger partial charge in [-0.15, -0.1) is 5.10 Å². The fraction of sp³-hybridized carbons (Fsp3) is 0.167. The van der Waals surface area contributed by atoms with Gasteiger partial charge in [0.15, 0.2) is 0 Å². The molecule has 0 radical (unpaired) electrons. The Bertz CT molecular complexity index is 669. The highest BCUT2D eigenvalue weighted by Crippen LogP contribution is 2.19. The summed E-state index contributed by atoms with van der Waals surface area (Å²) >= 11 is 3.11. The van der Waals surface area contributed by atoms with Crippen molar-refractivity contribution in [2.75, 3.05) is 0 Å². The molecule has 0 aliphatic heterocycles. The molecule has 1 aromatic carbocycles. The Morgan fingerprint density at radius 1 is 1.43 bits per heavy atom. The van der Waals surface area contributed by atoms with Crippen LogP contribution < -0.4 is 5.32 Å². The summed E-state index contributed by atoms with van der Waals surface area (Å²) < 4.78 is 15.1. The second-order valence-electron chi connectivity index (χ2n) is 4.08. The number of carbonyl (C=O) groups excluding carboxylic acids is 1. The molecule has 0 fully saturated rings. The van der Waals surface area contributed by atoms with Crippen LogP contribution >= 0.6 is 15.9 Å². The van der Waals surface area contributed by atoms with E-state index in [9.17, 15) is 14.0 Å². The van der Waals surface area contributed by atoms with Crippen molar-refractivity contribution in [3.63, 3.8) is 0 Å². The maximum atomic E-state index is 13.6. The zero-order valence-corrected chi connectivity index (χ0v) is 12.2. The van der Waals surface area contributed by atoms with Gasteiger partial charge in [0.2, 0.25) is 0 Å². The Morgan fingerprint density at radius 3 is 2.86 bits per heavy atom. The predicted molar refractivity (Wildman–Crippen MR) is 72.9 cm³/mol. The fourth-order valence-corrected chi connectivity index (χ4v) is 2.13. The third-order valence-electron chi connectivity index (χ3n) is 2.50. The molecule has 0 aliphatic carbocycles. The van der Waals surface area contributed by atoms with Gasteiger partial charge in [0.05, 0.1) is 18.3 Å². The van der Waals surface area contributed by atoms with Crippen LogP contribution in [0.25, 0.3) is 0 Å². The number of aromatic nitrogens is 3. The lowest BCUT2D eigenvalue weighted by Crippen LogP contribution is -2.24. The smallest absolute Gasteiger partial charge is 0.325 e. The van der Waals surface area contributed by atoms with Gasteiger partial charge in [-0.3, -0.25) is 9.59 Å². The molecule has 2 N–H and O–H groups in total. The van der Waals surface area contributed by atoms with E-state index in [1.165, 1.54) is 18.3 Å². The largest absolute Gasteiger partial charge is 0.480 e. The quantitative estimate of drug-likeness (QED) is 0.838. The number of rotatable bonds is 5. The Morgan fingerprint density at radius 2 is 2.19 bits per heavy atom. The number of carboxylic acid groups (broad SMARTS) is 1. The van der Waals surface area contributed by atoms with E-state index in [4.69, 9.17) is 5.11 Å². The summed E-state index contributed by atoms with van der Waals surface area (Å²) in [5.41, 5.74) is 0.271. The average Bonchev–Trinajstić information content (AvgIpc) is 2.83. The molecule has 1 amide bonds. The number of carbonyl (C=O) groups is 2. The molecular formula is C12H10BrFN4O3. The van der Waals surface area contributed by atoms with Gasteiger partial charge in [-0.2, -0.15) is 0 Å². The highest BCUT2D eigenvalue weighted by molar-refractivity contribution is 9.10. The molecule has 21 heavy (non-hydrogen) atoms. The van der Waals surface area contributed by atoms with Crippen LogP contribution in [0.15, 0.2) is 28.9 Å². The first kappa shape index (κ1) is 15.1.